The van der Waals surface area contributed by atoms with Crippen molar-refractivity contribution in [2.75, 3.05) is 25.0 Å². The minimum Gasteiger partial charge on any atom is -0.478 e. The molecule has 0 spiro atoms. The van der Waals surface area contributed by atoms with Gasteiger partial charge in [0.15, 0.2) is 0 Å². The van der Waals surface area contributed by atoms with Gasteiger partial charge in [0.25, 0.3) is 5.91 Å². The summed E-state index contributed by atoms with van der Waals surface area (Å²) in [7, 11) is 0. The SMILES string of the molecule is Cc1cccc(NC(=O)C2CNCCO2)c1C(=O)O. The monoisotopic (exact) mass is 264 g/mol. The van der Waals surface area contributed by atoms with Gasteiger partial charge in [-0.15, -0.1) is 0 Å². The van der Waals surface area contributed by atoms with Crippen molar-refractivity contribution in [3.63, 3.8) is 0 Å². The highest BCUT2D eigenvalue weighted by Crippen LogP contribution is 2.20. The maximum Gasteiger partial charge on any atom is 0.338 e. The van der Waals surface area contributed by atoms with Gasteiger partial charge in [-0.1, -0.05) is 12.1 Å². The summed E-state index contributed by atoms with van der Waals surface area (Å²) < 4.78 is 5.32. The molecule has 0 aromatic heterocycles. The van der Waals surface area contributed by atoms with E-state index in [1.807, 2.05) is 0 Å². The molecule has 6 nitrogen and oxygen atoms in total. The number of hydrogen-bond donors (Lipinski definition) is 3. The highest BCUT2D eigenvalue weighted by atomic mass is 16.5. The molecule has 0 bridgehead atoms. The molecule has 0 radical (unpaired) electrons. The number of aromatic carboxylic acids is 1. The average Bonchev–Trinajstić information content (AvgIpc) is 2.39. The van der Waals surface area contributed by atoms with Crippen LogP contribution in [0.3, 0.4) is 0 Å². The van der Waals surface area contributed by atoms with Gasteiger partial charge in [0.1, 0.15) is 6.10 Å². The number of anilines is 1. The van der Waals surface area contributed by atoms with Crippen molar-refractivity contribution in [1.82, 2.24) is 5.32 Å². The lowest BCUT2D eigenvalue weighted by Gasteiger charge is -2.23. The first-order chi connectivity index (χ1) is 9.09. The Morgan fingerprint density at radius 1 is 1.47 bits per heavy atom. The van der Waals surface area contributed by atoms with Crippen LogP contribution in [-0.4, -0.2) is 42.8 Å². The van der Waals surface area contributed by atoms with Gasteiger partial charge in [-0.2, -0.15) is 0 Å². The molecular weight excluding hydrogens is 248 g/mol. The van der Waals surface area contributed by atoms with E-state index in [0.29, 0.717) is 30.9 Å². The Hall–Kier alpha value is -1.92. The Morgan fingerprint density at radius 2 is 2.26 bits per heavy atom. The van der Waals surface area contributed by atoms with E-state index >= 15 is 0 Å². The molecular formula is C13H16N2O4. The van der Waals surface area contributed by atoms with E-state index in [0.717, 1.165) is 0 Å². The molecule has 0 saturated carbocycles. The summed E-state index contributed by atoms with van der Waals surface area (Å²) in [5.74, 6) is -1.39. The van der Waals surface area contributed by atoms with Gasteiger partial charge in [-0.25, -0.2) is 4.79 Å². The summed E-state index contributed by atoms with van der Waals surface area (Å²) >= 11 is 0. The number of carboxylic acid groups (broad SMARTS) is 1. The van der Waals surface area contributed by atoms with E-state index in [1.54, 1.807) is 25.1 Å². The van der Waals surface area contributed by atoms with Crippen LogP contribution < -0.4 is 10.6 Å². The molecule has 6 heteroatoms. The Balaban J connectivity index is 2.16. The molecule has 1 aliphatic rings. The molecule has 1 aromatic rings. The highest BCUT2D eigenvalue weighted by molar-refractivity contribution is 6.02. The zero-order valence-electron chi connectivity index (χ0n) is 10.6. The van der Waals surface area contributed by atoms with Crippen LogP contribution in [0.5, 0.6) is 0 Å². The second kappa shape index (κ2) is 5.81. The molecule has 1 heterocycles. The van der Waals surface area contributed by atoms with Gasteiger partial charge in [0.05, 0.1) is 17.9 Å². The molecule has 3 N–H and O–H groups in total. The normalized spacial score (nSPS) is 18.9. The fourth-order valence-electron chi connectivity index (χ4n) is 2.00. The van der Waals surface area contributed by atoms with Crippen LogP contribution in [0.25, 0.3) is 0 Å². The summed E-state index contributed by atoms with van der Waals surface area (Å²) in [5, 5.41) is 14.8. The summed E-state index contributed by atoms with van der Waals surface area (Å²) in [6.07, 6.45) is -0.587. The van der Waals surface area contributed by atoms with Gasteiger partial charge in [-0.05, 0) is 18.6 Å². The first kappa shape index (κ1) is 13.5. The third-order valence-electron chi connectivity index (χ3n) is 2.96. The lowest BCUT2D eigenvalue weighted by molar-refractivity contribution is -0.128. The van der Waals surface area contributed by atoms with E-state index in [1.165, 1.54) is 0 Å². The standard InChI is InChI=1S/C13H16N2O4/c1-8-3-2-4-9(11(8)13(17)18)15-12(16)10-7-14-5-6-19-10/h2-4,10,14H,5-7H2,1H3,(H,15,16)(H,17,18). The molecule has 102 valence electrons. The van der Waals surface area contributed by atoms with Crippen molar-refractivity contribution in [3.05, 3.63) is 29.3 Å². The highest BCUT2D eigenvalue weighted by Gasteiger charge is 2.23. The average molecular weight is 264 g/mol. The Labute approximate surface area is 110 Å². The van der Waals surface area contributed by atoms with Crippen molar-refractivity contribution < 1.29 is 19.4 Å². The molecule has 0 aliphatic carbocycles. The lowest BCUT2D eigenvalue weighted by Crippen LogP contribution is -2.45. The first-order valence-corrected chi connectivity index (χ1v) is 6.05. The molecule has 1 aliphatic heterocycles. The largest absolute Gasteiger partial charge is 0.478 e. The Bertz CT molecular complexity index is 495. The molecule has 1 unspecified atom stereocenters. The third-order valence-corrected chi connectivity index (χ3v) is 2.96. The van der Waals surface area contributed by atoms with Gasteiger partial charge < -0.3 is 20.5 Å². The molecule has 1 fully saturated rings. The number of amides is 1. The number of carbonyl (C=O) groups is 2. The lowest BCUT2D eigenvalue weighted by atomic mass is 10.1. The zero-order valence-corrected chi connectivity index (χ0v) is 10.6. The maximum atomic E-state index is 12.0. The van der Waals surface area contributed by atoms with Gasteiger partial charge in [-0.3, -0.25) is 4.79 Å². The fraction of sp³-hybridized carbons (Fsp3) is 0.385. The van der Waals surface area contributed by atoms with Crippen LogP contribution in [0.2, 0.25) is 0 Å². The molecule has 1 atom stereocenters. The number of nitrogens with one attached hydrogen (secondary N) is 2. The number of aryl methyl sites for hydroxylation is 1. The first-order valence-electron chi connectivity index (χ1n) is 6.05. The number of rotatable bonds is 3. The molecule has 1 saturated heterocycles. The predicted octanol–water partition coefficient (Wildman–Crippen LogP) is 0.620. The van der Waals surface area contributed by atoms with Crippen molar-refractivity contribution in [1.29, 1.82) is 0 Å². The van der Waals surface area contributed by atoms with Crippen molar-refractivity contribution in [2.24, 2.45) is 0 Å². The number of hydrogen-bond acceptors (Lipinski definition) is 4. The molecule has 1 amide bonds. The van der Waals surface area contributed by atoms with Gasteiger partial charge in [0, 0.05) is 13.1 Å². The van der Waals surface area contributed by atoms with Crippen LogP contribution >= 0.6 is 0 Å². The van der Waals surface area contributed by atoms with E-state index in [-0.39, 0.29) is 11.5 Å². The van der Waals surface area contributed by atoms with Gasteiger partial charge >= 0.3 is 5.97 Å². The van der Waals surface area contributed by atoms with Crippen molar-refractivity contribution >= 4 is 17.6 Å². The summed E-state index contributed by atoms with van der Waals surface area (Å²) in [4.78, 5) is 23.2. The second-order valence-corrected chi connectivity index (χ2v) is 4.36. The van der Waals surface area contributed by atoms with Crippen LogP contribution in [0, 0.1) is 6.92 Å². The Morgan fingerprint density at radius 3 is 2.89 bits per heavy atom. The van der Waals surface area contributed by atoms with Crippen LogP contribution in [0.4, 0.5) is 5.69 Å². The third kappa shape index (κ3) is 3.10. The second-order valence-electron chi connectivity index (χ2n) is 4.36. The molecule has 19 heavy (non-hydrogen) atoms. The van der Waals surface area contributed by atoms with Gasteiger partial charge in [0.2, 0.25) is 0 Å². The van der Waals surface area contributed by atoms with Crippen molar-refractivity contribution in [2.45, 2.75) is 13.0 Å². The minimum absolute atomic E-state index is 0.111. The number of morpholine rings is 1. The number of carbonyl (C=O) groups excluding carboxylic acids is 1. The predicted molar refractivity (Wildman–Crippen MR) is 69.4 cm³/mol. The summed E-state index contributed by atoms with van der Waals surface area (Å²) in [5.41, 5.74) is 1.01. The fourth-order valence-corrected chi connectivity index (χ4v) is 2.00. The topological polar surface area (TPSA) is 87.7 Å². The zero-order chi connectivity index (χ0) is 13.8. The summed E-state index contributed by atoms with van der Waals surface area (Å²) in [6.45, 7) is 3.31. The van der Waals surface area contributed by atoms with Crippen molar-refractivity contribution in [3.8, 4) is 0 Å². The number of carboxylic acids is 1. The van der Waals surface area contributed by atoms with Crippen LogP contribution in [0.1, 0.15) is 15.9 Å². The number of ether oxygens (including phenoxy) is 1. The molecule has 1 aromatic carbocycles. The van der Waals surface area contributed by atoms with E-state index in [9.17, 15) is 14.7 Å². The minimum atomic E-state index is -1.06. The Kier molecular flexibility index (Phi) is 4.13. The van der Waals surface area contributed by atoms with Crippen LogP contribution in [0.15, 0.2) is 18.2 Å². The summed E-state index contributed by atoms with van der Waals surface area (Å²) in [6, 6.07) is 4.97. The smallest absolute Gasteiger partial charge is 0.338 e. The molecule has 2 rings (SSSR count). The quantitative estimate of drug-likeness (QED) is 0.745. The maximum absolute atomic E-state index is 12.0. The van der Waals surface area contributed by atoms with E-state index < -0.39 is 12.1 Å². The number of benzene rings is 1. The van der Waals surface area contributed by atoms with E-state index in [2.05, 4.69) is 10.6 Å². The van der Waals surface area contributed by atoms with Crippen LogP contribution in [-0.2, 0) is 9.53 Å². The van der Waals surface area contributed by atoms with E-state index in [4.69, 9.17) is 4.74 Å².